The minimum absolute atomic E-state index is 0.0453. The number of phosphoric ester groups is 1. The van der Waals surface area contributed by atoms with E-state index < -0.39 is 32.5 Å². The first-order valence-electron chi connectivity index (χ1n) is 39.0. The smallest absolute Gasteiger partial charge is 0.306 e. The van der Waals surface area contributed by atoms with Crippen molar-refractivity contribution in [1.29, 1.82) is 0 Å². The monoisotopic (exact) mass is 1340 g/mol. The van der Waals surface area contributed by atoms with Gasteiger partial charge in [-0.2, -0.15) is 0 Å². The van der Waals surface area contributed by atoms with Gasteiger partial charge in [-0.25, -0.2) is 0 Å². The number of phosphoric acid groups is 1. The zero-order chi connectivity index (χ0) is 69.0. The Kier molecular flexibility index (Phi) is 70.9. The van der Waals surface area contributed by atoms with Gasteiger partial charge in [-0.1, -0.05) is 359 Å². The molecular formula is C85H146NO8P. The highest BCUT2D eigenvalue weighted by Gasteiger charge is 2.22. The van der Waals surface area contributed by atoms with E-state index in [2.05, 4.69) is 160 Å². The van der Waals surface area contributed by atoms with Crippen LogP contribution in [0.25, 0.3) is 0 Å². The van der Waals surface area contributed by atoms with Gasteiger partial charge in [0.1, 0.15) is 19.8 Å². The first-order valence-corrected chi connectivity index (χ1v) is 40.5. The molecule has 0 rings (SSSR count). The van der Waals surface area contributed by atoms with Crippen molar-refractivity contribution in [3.63, 3.8) is 0 Å². The summed E-state index contributed by atoms with van der Waals surface area (Å²) in [6.07, 6.45) is 110. The highest BCUT2D eigenvalue weighted by atomic mass is 31.2. The molecule has 0 aromatic heterocycles. The number of rotatable bonds is 71. The topological polar surface area (TPSA) is 111 Å². The fraction of sp³-hybridized carbons (Fsp3) is 0.694. The average molecular weight is 1340 g/mol. The Hall–Kier alpha value is -4.11. The average Bonchev–Trinajstić information content (AvgIpc) is 2.18. The predicted octanol–water partition coefficient (Wildman–Crippen LogP) is 25.5. The van der Waals surface area contributed by atoms with E-state index in [1.165, 1.54) is 186 Å². The molecule has 2 atom stereocenters. The molecule has 0 fully saturated rings. The predicted molar refractivity (Wildman–Crippen MR) is 411 cm³/mol. The van der Waals surface area contributed by atoms with Crippen LogP contribution in [0.4, 0.5) is 0 Å². The van der Waals surface area contributed by atoms with Gasteiger partial charge < -0.3 is 27.9 Å². The van der Waals surface area contributed by atoms with Crippen LogP contribution in [0.5, 0.6) is 0 Å². The summed E-state index contributed by atoms with van der Waals surface area (Å²) in [6.45, 7) is 4.10. The number of nitrogens with zero attached hydrogens (tertiary/aromatic N) is 1. The van der Waals surface area contributed by atoms with Crippen molar-refractivity contribution in [2.24, 2.45) is 0 Å². The molecule has 10 heteroatoms. The standard InChI is InChI=1S/C85H146NO8P/c1-6-8-10-12-14-16-18-20-22-24-26-28-30-32-34-36-38-40-41-42-43-44-45-46-48-50-52-54-56-58-60-62-64-66-68-70-72-74-76-78-85(88)94-83(82-93-95(89,90)92-80-79-86(3,4)5)81-91-84(87)77-75-73-71-69-67-65-63-61-59-57-55-53-51-49-47-39-37-35-33-31-29-27-25-23-21-19-17-15-13-11-9-7-2/h8,10,14,16,20,22,26,28,32,34,38,40,42-43,45-46,50,52,56,58,62,64,68,70,83H,6-7,9,11-13,15,17-19,21,23-25,27,29-31,33,35-37,39,41,44,47-49,51,53-55,57,59-61,63,65-67,69,71-82H2,1-5H3/b10-8-,16-14-,22-20-,28-26-,34-32-,40-38-,43-42-,46-45-,52-50-,58-56-,64-62-,70-68-. The molecule has 0 saturated heterocycles. The molecule has 0 N–H and O–H groups in total. The first kappa shape index (κ1) is 90.9. The number of likely N-dealkylation sites (N-methyl/N-ethyl adjacent to an activating group) is 1. The third-order valence-corrected chi connectivity index (χ3v) is 17.6. The van der Waals surface area contributed by atoms with Crippen LogP contribution in [0.2, 0.25) is 0 Å². The van der Waals surface area contributed by atoms with E-state index in [1.54, 1.807) is 0 Å². The summed E-state index contributed by atoms with van der Waals surface area (Å²) >= 11 is 0. The van der Waals surface area contributed by atoms with E-state index in [4.69, 9.17) is 18.5 Å². The molecule has 0 radical (unpaired) electrons. The van der Waals surface area contributed by atoms with Crippen molar-refractivity contribution in [1.82, 2.24) is 0 Å². The molecule has 0 aliphatic heterocycles. The molecule has 0 aliphatic carbocycles. The number of hydrogen-bond acceptors (Lipinski definition) is 8. The Morgan fingerprint density at radius 2 is 0.600 bits per heavy atom. The summed E-state index contributed by atoms with van der Waals surface area (Å²) in [5.41, 5.74) is 0. The Bertz CT molecular complexity index is 2120. The van der Waals surface area contributed by atoms with Gasteiger partial charge in [-0.15, -0.1) is 0 Å². The Balaban J connectivity index is 4.12. The summed E-state index contributed by atoms with van der Waals surface area (Å²) in [6, 6.07) is 0. The molecule has 95 heavy (non-hydrogen) atoms. The maximum atomic E-state index is 12.9. The second-order valence-corrected chi connectivity index (χ2v) is 28.4. The summed E-state index contributed by atoms with van der Waals surface area (Å²) in [7, 11) is 1.13. The van der Waals surface area contributed by atoms with Crippen molar-refractivity contribution in [2.45, 2.75) is 335 Å². The quantitative estimate of drug-likeness (QED) is 0.0195. The van der Waals surface area contributed by atoms with Gasteiger partial charge in [0, 0.05) is 12.8 Å². The van der Waals surface area contributed by atoms with Crippen LogP contribution in [0.15, 0.2) is 146 Å². The molecule has 0 bridgehead atoms. The van der Waals surface area contributed by atoms with Gasteiger partial charge in [-0.05, 0) is 103 Å². The van der Waals surface area contributed by atoms with Crippen molar-refractivity contribution in [2.75, 3.05) is 47.5 Å². The minimum Gasteiger partial charge on any atom is -0.756 e. The Labute approximate surface area is 586 Å². The number of ether oxygens (including phenoxy) is 2. The zero-order valence-electron chi connectivity index (χ0n) is 62.1. The third kappa shape index (κ3) is 78.8. The van der Waals surface area contributed by atoms with Gasteiger partial charge in [0.25, 0.3) is 7.82 Å². The fourth-order valence-corrected chi connectivity index (χ4v) is 11.4. The summed E-state index contributed by atoms with van der Waals surface area (Å²) in [4.78, 5) is 38.1. The zero-order valence-corrected chi connectivity index (χ0v) is 63.0. The SMILES string of the molecule is CC/C=C\C/C=C\C/C=C\C/C=C\C/C=C\C/C=C\C/C=C\C/C=C\C/C=C\C/C=C\C/C=C\C/C=C\CCCCC(=O)OC(COC(=O)CCCCCCCCCCCCCCCCCCCCCCCCCCCCCCCCCC)COP(=O)([O-])OCC[N+](C)(C)C. The molecule has 544 valence electrons. The van der Waals surface area contributed by atoms with E-state index in [1.807, 2.05) is 21.1 Å². The molecule has 0 saturated carbocycles. The highest BCUT2D eigenvalue weighted by Crippen LogP contribution is 2.38. The van der Waals surface area contributed by atoms with Gasteiger partial charge in [0.2, 0.25) is 0 Å². The molecular weight excluding hydrogens is 1190 g/mol. The van der Waals surface area contributed by atoms with Gasteiger partial charge >= 0.3 is 11.9 Å². The number of hydrogen-bond donors (Lipinski definition) is 0. The van der Waals surface area contributed by atoms with Crippen LogP contribution in [-0.4, -0.2) is 70.0 Å². The number of allylic oxidation sites excluding steroid dienone is 24. The number of unbranched alkanes of at least 4 members (excludes halogenated alkanes) is 33. The molecule has 0 aliphatic rings. The first-order chi connectivity index (χ1) is 46.5. The summed E-state index contributed by atoms with van der Waals surface area (Å²) < 4.78 is 34.3. The van der Waals surface area contributed by atoms with E-state index >= 15 is 0 Å². The lowest BCUT2D eigenvalue weighted by Crippen LogP contribution is -2.37. The van der Waals surface area contributed by atoms with Crippen LogP contribution in [0.3, 0.4) is 0 Å². The minimum atomic E-state index is -4.67. The lowest BCUT2D eigenvalue weighted by Gasteiger charge is -2.28. The van der Waals surface area contributed by atoms with E-state index in [0.717, 1.165) is 109 Å². The molecule has 0 heterocycles. The molecule has 9 nitrogen and oxygen atoms in total. The van der Waals surface area contributed by atoms with E-state index in [-0.39, 0.29) is 26.1 Å². The number of carbonyl (C=O) groups excluding carboxylic acids is 2. The van der Waals surface area contributed by atoms with Crippen LogP contribution < -0.4 is 4.89 Å². The number of carbonyl (C=O) groups is 2. The lowest BCUT2D eigenvalue weighted by atomic mass is 10.0. The van der Waals surface area contributed by atoms with E-state index in [0.29, 0.717) is 17.4 Å². The number of quaternary nitrogens is 1. The van der Waals surface area contributed by atoms with Crippen LogP contribution >= 0.6 is 7.82 Å². The van der Waals surface area contributed by atoms with Gasteiger partial charge in [0.15, 0.2) is 6.10 Å². The van der Waals surface area contributed by atoms with Gasteiger partial charge in [-0.3, -0.25) is 14.2 Å². The molecule has 0 aromatic rings. The molecule has 2 unspecified atom stereocenters. The number of esters is 2. The summed E-state index contributed by atoms with van der Waals surface area (Å²) in [5, 5.41) is 0. The maximum Gasteiger partial charge on any atom is 0.306 e. The molecule has 0 spiro atoms. The lowest BCUT2D eigenvalue weighted by molar-refractivity contribution is -0.870. The maximum absolute atomic E-state index is 12.9. The van der Waals surface area contributed by atoms with Crippen molar-refractivity contribution >= 4 is 19.8 Å². The summed E-state index contributed by atoms with van der Waals surface area (Å²) in [5.74, 6) is -0.882. The third-order valence-electron chi connectivity index (χ3n) is 16.6. The van der Waals surface area contributed by atoms with Crippen molar-refractivity contribution in [3.8, 4) is 0 Å². The van der Waals surface area contributed by atoms with Crippen LogP contribution in [0, 0.1) is 0 Å². The largest absolute Gasteiger partial charge is 0.756 e. The normalized spacial score (nSPS) is 13.9. The fourth-order valence-electron chi connectivity index (χ4n) is 10.7. The highest BCUT2D eigenvalue weighted by molar-refractivity contribution is 7.45. The second-order valence-electron chi connectivity index (χ2n) is 27.0. The Morgan fingerprint density at radius 3 is 0.895 bits per heavy atom. The van der Waals surface area contributed by atoms with Crippen LogP contribution in [-0.2, 0) is 32.7 Å². The van der Waals surface area contributed by atoms with Gasteiger partial charge in [0.05, 0.1) is 27.7 Å². The molecule has 0 amide bonds. The van der Waals surface area contributed by atoms with E-state index in [9.17, 15) is 19.0 Å². The molecule has 0 aromatic carbocycles. The van der Waals surface area contributed by atoms with Crippen molar-refractivity contribution in [3.05, 3.63) is 146 Å². The van der Waals surface area contributed by atoms with Crippen molar-refractivity contribution < 1.29 is 42.1 Å². The Morgan fingerprint density at radius 1 is 0.337 bits per heavy atom. The van der Waals surface area contributed by atoms with Crippen LogP contribution in [0.1, 0.15) is 328 Å². The second kappa shape index (κ2) is 74.1.